The number of rotatable bonds is 6. The van der Waals surface area contributed by atoms with Gasteiger partial charge in [-0.2, -0.15) is 0 Å². The van der Waals surface area contributed by atoms with Crippen LogP contribution in [0.1, 0.15) is 35.9 Å². The Hall–Kier alpha value is -2.38. The fourth-order valence-corrected chi connectivity index (χ4v) is 4.25. The second-order valence-electron chi connectivity index (χ2n) is 6.52. The topological polar surface area (TPSA) is 70.7 Å². The third-order valence-electron chi connectivity index (χ3n) is 4.70. The van der Waals surface area contributed by atoms with Gasteiger partial charge in [0.25, 0.3) is 0 Å². The highest BCUT2D eigenvalue weighted by Gasteiger charge is 2.31. The van der Waals surface area contributed by atoms with Gasteiger partial charge in [0, 0.05) is 37.0 Å². The Morgan fingerprint density at radius 3 is 2.85 bits per heavy atom. The molecule has 3 rings (SSSR count). The molecule has 1 aliphatic heterocycles. The highest BCUT2D eigenvalue weighted by Crippen LogP contribution is 2.32. The molecule has 27 heavy (non-hydrogen) atoms. The normalized spacial score (nSPS) is 18.0. The van der Waals surface area contributed by atoms with Crippen LogP contribution in [0.5, 0.6) is 5.75 Å². The summed E-state index contributed by atoms with van der Waals surface area (Å²) in [6, 6.07) is 11.3. The Kier molecular flexibility index (Phi) is 6.47. The number of methoxy groups -OCH3 is 1. The maximum atomic E-state index is 13.2. The van der Waals surface area contributed by atoms with Crippen molar-refractivity contribution >= 4 is 23.2 Å². The van der Waals surface area contributed by atoms with Crippen LogP contribution in [0.3, 0.4) is 0 Å². The van der Waals surface area contributed by atoms with Gasteiger partial charge in [-0.1, -0.05) is 24.3 Å². The third kappa shape index (κ3) is 4.67. The van der Waals surface area contributed by atoms with E-state index in [1.807, 2.05) is 46.7 Å². The first-order chi connectivity index (χ1) is 13.1. The van der Waals surface area contributed by atoms with Crippen LogP contribution < -0.4 is 15.4 Å². The van der Waals surface area contributed by atoms with Gasteiger partial charge < -0.3 is 20.3 Å². The summed E-state index contributed by atoms with van der Waals surface area (Å²) in [5.41, 5.74) is 0.993. The molecule has 0 bridgehead atoms. The Bertz CT molecular complexity index is 779. The first kappa shape index (κ1) is 19.4. The summed E-state index contributed by atoms with van der Waals surface area (Å²) in [6.45, 7) is 3.53. The van der Waals surface area contributed by atoms with Crippen LogP contribution in [-0.4, -0.2) is 43.5 Å². The van der Waals surface area contributed by atoms with Crippen molar-refractivity contribution in [3.8, 4) is 5.75 Å². The van der Waals surface area contributed by atoms with Crippen molar-refractivity contribution in [3.05, 3.63) is 52.2 Å². The number of benzene rings is 1. The second kappa shape index (κ2) is 9.01. The average molecular weight is 388 g/mol. The van der Waals surface area contributed by atoms with Crippen LogP contribution in [0.25, 0.3) is 0 Å². The summed E-state index contributed by atoms with van der Waals surface area (Å²) in [5.74, 6) is 0.669. The maximum Gasteiger partial charge on any atom is 0.225 e. The van der Waals surface area contributed by atoms with Crippen molar-refractivity contribution in [2.45, 2.75) is 25.4 Å². The number of nitrogens with zero attached hydrogens (tertiary/aromatic N) is 1. The number of hydrogen-bond acceptors (Lipinski definition) is 5. The molecule has 1 aliphatic rings. The Morgan fingerprint density at radius 1 is 1.33 bits per heavy atom. The lowest BCUT2D eigenvalue weighted by Gasteiger charge is -2.37. The summed E-state index contributed by atoms with van der Waals surface area (Å²) < 4.78 is 5.50. The summed E-state index contributed by atoms with van der Waals surface area (Å²) >= 11 is 1.55. The van der Waals surface area contributed by atoms with Crippen LogP contribution in [0.15, 0.2) is 41.8 Å². The first-order valence-electron chi connectivity index (χ1n) is 9.03. The lowest BCUT2D eigenvalue weighted by Crippen LogP contribution is -2.49. The lowest BCUT2D eigenvalue weighted by atomic mass is 10.0. The molecule has 144 valence electrons. The molecule has 2 unspecified atom stereocenters. The van der Waals surface area contributed by atoms with Crippen molar-refractivity contribution in [1.29, 1.82) is 0 Å². The molecule has 1 aromatic heterocycles. The van der Waals surface area contributed by atoms with E-state index < -0.39 is 0 Å². The molecule has 1 aromatic carbocycles. The summed E-state index contributed by atoms with van der Waals surface area (Å²) in [6.07, 6.45) is 0.242. The van der Waals surface area contributed by atoms with Crippen molar-refractivity contribution in [3.63, 3.8) is 0 Å². The molecule has 6 nitrogen and oxygen atoms in total. The maximum absolute atomic E-state index is 13.2. The van der Waals surface area contributed by atoms with E-state index in [1.165, 1.54) is 6.92 Å². The molecule has 0 aliphatic carbocycles. The minimum Gasteiger partial charge on any atom is -0.496 e. The monoisotopic (exact) mass is 387 g/mol. The zero-order valence-electron chi connectivity index (χ0n) is 15.6. The van der Waals surface area contributed by atoms with Crippen molar-refractivity contribution < 1.29 is 14.3 Å². The minimum atomic E-state index is -0.303. The zero-order chi connectivity index (χ0) is 19.2. The molecule has 1 fully saturated rings. The smallest absolute Gasteiger partial charge is 0.225 e. The molecule has 2 aromatic rings. The number of amides is 2. The molecular formula is C20H25N3O3S. The number of ether oxygens (including phenoxy) is 1. The van der Waals surface area contributed by atoms with Gasteiger partial charge in [-0.05, 0) is 17.5 Å². The standard InChI is InChI=1S/C20H25N3O3S/c1-14(24)22-16(19-8-5-11-27-19)12-20(25)23-10-9-21-13-17(23)15-6-3-4-7-18(15)26-2/h3-8,11,16-17,21H,9-10,12-13H2,1-2H3,(H,22,24). The Balaban J connectivity index is 1.81. The van der Waals surface area contributed by atoms with Crippen LogP contribution in [0.4, 0.5) is 0 Å². The lowest BCUT2D eigenvalue weighted by molar-refractivity contribution is -0.135. The van der Waals surface area contributed by atoms with E-state index in [0.717, 1.165) is 22.7 Å². The highest BCUT2D eigenvalue weighted by atomic mass is 32.1. The molecule has 1 saturated heterocycles. The molecule has 2 atom stereocenters. The van der Waals surface area contributed by atoms with E-state index in [-0.39, 0.29) is 30.3 Å². The van der Waals surface area contributed by atoms with E-state index in [1.54, 1.807) is 18.4 Å². The van der Waals surface area contributed by atoms with Crippen molar-refractivity contribution in [2.75, 3.05) is 26.7 Å². The fraction of sp³-hybridized carbons (Fsp3) is 0.400. The second-order valence-corrected chi connectivity index (χ2v) is 7.50. The van der Waals surface area contributed by atoms with Crippen LogP contribution in [0, 0.1) is 0 Å². The number of carbonyl (C=O) groups excluding carboxylic acids is 2. The quantitative estimate of drug-likeness (QED) is 0.799. The van der Waals surface area contributed by atoms with Gasteiger partial charge in [0.15, 0.2) is 0 Å². The molecule has 2 N–H and O–H groups in total. The molecule has 2 amide bonds. The SMILES string of the molecule is COc1ccccc1C1CNCCN1C(=O)CC(NC(C)=O)c1cccs1. The molecule has 2 heterocycles. The Labute approximate surface area is 163 Å². The number of thiophene rings is 1. The van der Waals surface area contributed by atoms with Crippen molar-refractivity contribution in [2.24, 2.45) is 0 Å². The predicted octanol–water partition coefficient (Wildman–Crippen LogP) is 2.50. The van der Waals surface area contributed by atoms with Gasteiger partial charge in [0.1, 0.15) is 5.75 Å². The molecule has 7 heteroatoms. The van der Waals surface area contributed by atoms with E-state index in [2.05, 4.69) is 10.6 Å². The summed E-state index contributed by atoms with van der Waals surface area (Å²) in [4.78, 5) is 27.7. The van der Waals surface area contributed by atoms with Crippen molar-refractivity contribution in [1.82, 2.24) is 15.5 Å². The molecule has 0 radical (unpaired) electrons. The van der Waals surface area contributed by atoms with Crippen LogP contribution in [-0.2, 0) is 9.59 Å². The first-order valence-corrected chi connectivity index (χ1v) is 9.91. The van der Waals surface area contributed by atoms with Crippen LogP contribution >= 0.6 is 11.3 Å². The van der Waals surface area contributed by atoms with Gasteiger partial charge in [-0.15, -0.1) is 11.3 Å². The van der Waals surface area contributed by atoms with Crippen LogP contribution in [0.2, 0.25) is 0 Å². The summed E-state index contributed by atoms with van der Waals surface area (Å²) in [5, 5.41) is 8.23. The molecule has 0 spiro atoms. The number of nitrogens with one attached hydrogen (secondary N) is 2. The van der Waals surface area contributed by atoms with E-state index in [0.29, 0.717) is 13.1 Å². The molecule has 0 saturated carbocycles. The fourth-order valence-electron chi connectivity index (χ4n) is 3.47. The van der Waals surface area contributed by atoms with Gasteiger partial charge in [0.05, 0.1) is 25.6 Å². The summed E-state index contributed by atoms with van der Waals surface area (Å²) in [7, 11) is 1.64. The van der Waals surface area contributed by atoms with Gasteiger partial charge in [-0.3, -0.25) is 9.59 Å². The number of hydrogen-bond donors (Lipinski definition) is 2. The van der Waals surface area contributed by atoms with Gasteiger partial charge in [-0.25, -0.2) is 0 Å². The zero-order valence-corrected chi connectivity index (χ0v) is 16.4. The largest absolute Gasteiger partial charge is 0.496 e. The average Bonchev–Trinajstić information content (AvgIpc) is 3.22. The number of carbonyl (C=O) groups is 2. The van der Waals surface area contributed by atoms with E-state index in [9.17, 15) is 9.59 Å². The third-order valence-corrected chi connectivity index (χ3v) is 5.69. The molecular weight excluding hydrogens is 362 g/mol. The van der Waals surface area contributed by atoms with Gasteiger partial charge in [0.2, 0.25) is 11.8 Å². The Morgan fingerprint density at radius 2 is 2.15 bits per heavy atom. The minimum absolute atomic E-state index is 0.0274. The van der Waals surface area contributed by atoms with E-state index >= 15 is 0 Å². The van der Waals surface area contributed by atoms with Gasteiger partial charge >= 0.3 is 0 Å². The number of piperazine rings is 1. The highest BCUT2D eigenvalue weighted by molar-refractivity contribution is 7.10. The van der Waals surface area contributed by atoms with E-state index in [4.69, 9.17) is 4.74 Å². The number of para-hydroxylation sites is 1. The predicted molar refractivity (Wildman–Crippen MR) is 106 cm³/mol.